The molecule has 2 aromatic carbocycles. The molecule has 2 aromatic heterocycles. The third-order valence-electron chi connectivity index (χ3n) is 5.38. The van der Waals surface area contributed by atoms with E-state index >= 15 is 0 Å². The molecule has 6 nitrogen and oxygen atoms in total. The van der Waals surface area contributed by atoms with Crippen molar-refractivity contribution in [3.05, 3.63) is 88.7 Å². The molecule has 176 valence electrons. The summed E-state index contributed by atoms with van der Waals surface area (Å²) in [5, 5.41) is 9.09. The number of fused-ring (bicyclic) bond motifs is 1. The molecule has 0 radical (unpaired) electrons. The molecule has 0 amide bonds. The lowest BCUT2D eigenvalue weighted by atomic mass is 10.1. The van der Waals surface area contributed by atoms with Gasteiger partial charge in [0, 0.05) is 17.8 Å². The van der Waals surface area contributed by atoms with Gasteiger partial charge < -0.3 is 10.1 Å². The van der Waals surface area contributed by atoms with Crippen LogP contribution in [0.15, 0.2) is 67.0 Å². The SMILES string of the molecule is CC(C)OC(=O)c1cnc2c(cnn2CC(Cl)c2ccccc2)c1NCCc1ccccc1Cl. The van der Waals surface area contributed by atoms with Crippen LogP contribution < -0.4 is 5.32 Å². The summed E-state index contributed by atoms with van der Waals surface area (Å²) in [4.78, 5) is 17.3. The number of halogens is 2. The number of carbonyl (C=O) groups is 1. The highest BCUT2D eigenvalue weighted by Gasteiger charge is 2.21. The van der Waals surface area contributed by atoms with E-state index in [2.05, 4.69) is 15.4 Å². The standard InChI is InChI=1S/C26H26Cl2N4O2/c1-17(2)34-26(33)21-14-30-25-20(24(21)29-13-12-19-10-6-7-11-22(19)27)15-31-32(25)16-23(28)18-8-4-3-5-9-18/h3-11,14-15,17,23H,12-13,16H2,1-2H3,(H,29,30). The third-order valence-corrected chi connectivity index (χ3v) is 6.14. The molecule has 1 N–H and O–H groups in total. The van der Waals surface area contributed by atoms with Crippen molar-refractivity contribution < 1.29 is 9.53 Å². The van der Waals surface area contributed by atoms with Crippen LogP contribution >= 0.6 is 23.2 Å². The molecule has 8 heteroatoms. The maximum atomic E-state index is 12.8. The summed E-state index contributed by atoms with van der Waals surface area (Å²) in [7, 11) is 0. The normalized spacial score (nSPS) is 12.1. The lowest BCUT2D eigenvalue weighted by Gasteiger charge is -2.15. The van der Waals surface area contributed by atoms with Gasteiger partial charge in [-0.3, -0.25) is 0 Å². The number of ether oxygens (including phenoxy) is 1. The summed E-state index contributed by atoms with van der Waals surface area (Å²) in [5.41, 5.74) is 3.67. The van der Waals surface area contributed by atoms with Gasteiger partial charge >= 0.3 is 5.97 Å². The summed E-state index contributed by atoms with van der Waals surface area (Å²) in [6.45, 7) is 4.64. The molecular weight excluding hydrogens is 471 g/mol. The Bertz CT molecular complexity index is 1270. The first-order valence-electron chi connectivity index (χ1n) is 11.2. The quantitative estimate of drug-likeness (QED) is 0.218. The average Bonchev–Trinajstić information content (AvgIpc) is 3.23. The van der Waals surface area contributed by atoms with Crippen molar-refractivity contribution in [3.8, 4) is 0 Å². The van der Waals surface area contributed by atoms with E-state index in [1.807, 2.05) is 68.4 Å². The van der Waals surface area contributed by atoms with Crippen molar-refractivity contribution >= 4 is 45.9 Å². The van der Waals surface area contributed by atoms with E-state index in [1.54, 1.807) is 10.9 Å². The Morgan fingerprint density at radius 3 is 2.56 bits per heavy atom. The van der Waals surface area contributed by atoms with Crippen LogP contribution in [-0.4, -0.2) is 33.4 Å². The molecular formula is C26H26Cl2N4O2. The molecule has 1 atom stereocenters. The van der Waals surface area contributed by atoms with Crippen molar-refractivity contribution in [2.45, 2.75) is 38.3 Å². The van der Waals surface area contributed by atoms with Crippen LogP contribution in [-0.2, 0) is 17.7 Å². The summed E-state index contributed by atoms with van der Waals surface area (Å²) >= 11 is 13.0. The maximum Gasteiger partial charge on any atom is 0.342 e. The van der Waals surface area contributed by atoms with Gasteiger partial charge in [-0.15, -0.1) is 11.6 Å². The van der Waals surface area contributed by atoms with Gasteiger partial charge in [0.25, 0.3) is 0 Å². The van der Waals surface area contributed by atoms with Gasteiger partial charge in [-0.05, 0) is 37.5 Å². The second-order valence-electron chi connectivity index (χ2n) is 8.21. The fourth-order valence-electron chi connectivity index (χ4n) is 3.73. The second-order valence-corrected chi connectivity index (χ2v) is 9.15. The average molecular weight is 497 g/mol. The van der Waals surface area contributed by atoms with Crippen LogP contribution in [0.25, 0.3) is 11.0 Å². The molecule has 1 unspecified atom stereocenters. The van der Waals surface area contributed by atoms with E-state index in [0.717, 1.165) is 16.5 Å². The van der Waals surface area contributed by atoms with Gasteiger partial charge in [0.15, 0.2) is 5.65 Å². The minimum Gasteiger partial charge on any atom is -0.459 e. The van der Waals surface area contributed by atoms with Gasteiger partial charge in [0.05, 0.1) is 35.3 Å². The van der Waals surface area contributed by atoms with Crippen LogP contribution in [0.4, 0.5) is 5.69 Å². The molecule has 4 aromatic rings. The van der Waals surface area contributed by atoms with Crippen LogP contribution in [0.5, 0.6) is 0 Å². The highest BCUT2D eigenvalue weighted by Crippen LogP contribution is 2.29. The fourth-order valence-corrected chi connectivity index (χ4v) is 4.23. The summed E-state index contributed by atoms with van der Waals surface area (Å²) in [5.74, 6) is -0.433. The molecule has 0 saturated carbocycles. The summed E-state index contributed by atoms with van der Waals surface area (Å²) in [6.07, 6.45) is 3.69. The van der Waals surface area contributed by atoms with Crippen molar-refractivity contribution in [2.75, 3.05) is 11.9 Å². The maximum absolute atomic E-state index is 12.8. The minimum atomic E-state index is -0.433. The van der Waals surface area contributed by atoms with Crippen LogP contribution in [0.3, 0.4) is 0 Å². The first-order valence-corrected chi connectivity index (χ1v) is 12.0. The Morgan fingerprint density at radius 1 is 1.09 bits per heavy atom. The molecule has 34 heavy (non-hydrogen) atoms. The number of alkyl halides is 1. The summed E-state index contributed by atoms with van der Waals surface area (Å²) in [6, 6.07) is 17.5. The molecule has 0 saturated heterocycles. The number of rotatable bonds is 9. The van der Waals surface area contributed by atoms with Gasteiger partial charge in [0.2, 0.25) is 0 Å². The topological polar surface area (TPSA) is 69.0 Å². The molecule has 0 aliphatic heterocycles. The van der Waals surface area contributed by atoms with E-state index < -0.39 is 5.97 Å². The zero-order chi connectivity index (χ0) is 24.1. The Kier molecular flexibility index (Phi) is 7.70. The number of aromatic nitrogens is 3. The molecule has 2 heterocycles. The Balaban J connectivity index is 1.63. The van der Waals surface area contributed by atoms with Gasteiger partial charge in [-0.1, -0.05) is 60.1 Å². The fraction of sp³-hybridized carbons (Fsp3) is 0.269. The number of hydrogen-bond donors (Lipinski definition) is 1. The van der Waals surface area contributed by atoms with Crippen LogP contribution in [0.2, 0.25) is 5.02 Å². The zero-order valence-electron chi connectivity index (χ0n) is 19.0. The van der Waals surface area contributed by atoms with Gasteiger partial charge in [-0.2, -0.15) is 5.10 Å². The molecule has 0 bridgehead atoms. The zero-order valence-corrected chi connectivity index (χ0v) is 20.6. The van der Waals surface area contributed by atoms with Crippen molar-refractivity contribution in [3.63, 3.8) is 0 Å². The number of nitrogens with zero attached hydrogens (tertiary/aromatic N) is 3. The largest absolute Gasteiger partial charge is 0.459 e. The van der Waals surface area contributed by atoms with Gasteiger partial charge in [0.1, 0.15) is 5.56 Å². The summed E-state index contributed by atoms with van der Waals surface area (Å²) < 4.78 is 7.21. The van der Waals surface area contributed by atoms with E-state index in [1.165, 1.54) is 6.20 Å². The first kappa shape index (κ1) is 24.0. The monoisotopic (exact) mass is 496 g/mol. The number of pyridine rings is 1. The Morgan fingerprint density at radius 2 is 1.82 bits per heavy atom. The van der Waals surface area contributed by atoms with Crippen LogP contribution in [0.1, 0.15) is 40.7 Å². The number of esters is 1. The number of nitrogens with one attached hydrogen (secondary N) is 1. The lowest BCUT2D eigenvalue weighted by Crippen LogP contribution is -2.16. The number of benzene rings is 2. The molecule has 0 spiro atoms. The smallest absolute Gasteiger partial charge is 0.342 e. The van der Waals surface area contributed by atoms with E-state index in [0.29, 0.717) is 41.4 Å². The molecule has 0 aliphatic rings. The second kappa shape index (κ2) is 10.9. The highest BCUT2D eigenvalue weighted by atomic mass is 35.5. The van der Waals surface area contributed by atoms with Crippen LogP contribution in [0, 0.1) is 0 Å². The first-order chi connectivity index (χ1) is 16.4. The Hall–Kier alpha value is -3.09. The van der Waals surface area contributed by atoms with E-state index in [-0.39, 0.29) is 11.5 Å². The van der Waals surface area contributed by atoms with E-state index in [9.17, 15) is 4.79 Å². The molecule has 0 fully saturated rings. The van der Waals surface area contributed by atoms with E-state index in [4.69, 9.17) is 27.9 Å². The number of anilines is 1. The predicted octanol–water partition coefficient (Wildman–Crippen LogP) is 6.28. The predicted molar refractivity (Wildman–Crippen MR) is 137 cm³/mol. The number of carbonyl (C=O) groups excluding carboxylic acids is 1. The number of hydrogen-bond acceptors (Lipinski definition) is 5. The molecule has 0 aliphatic carbocycles. The Labute approximate surface area is 208 Å². The molecule has 4 rings (SSSR count). The van der Waals surface area contributed by atoms with Crippen molar-refractivity contribution in [2.24, 2.45) is 0 Å². The van der Waals surface area contributed by atoms with Crippen molar-refractivity contribution in [1.29, 1.82) is 0 Å². The minimum absolute atomic E-state index is 0.246. The highest BCUT2D eigenvalue weighted by molar-refractivity contribution is 6.31. The third kappa shape index (κ3) is 5.51. The lowest BCUT2D eigenvalue weighted by molar-refractivity contribution is 0.0379. The van der Waals surface area contributed by atoms with Crippen molar-refractivity contribution in [1.82, 2.24) is 14.8 Å². The van der Waals surface area contributed by atoms with Gasteiger partial charge in [-0.25, -0.2) is 14.5 Å².